The lowest BCUT2D eigenvalue weighted by atomic mass is 10.1. The Balaban J connectivity index is 0.000000221. The molecule has 0 aromatic heterocycles. The van der Waals surface area contributed by atoms with Crippen molar-refractivity contribution in [3.63, 3.8) is 0 Å². The number of carbonyl (C=O) groups is 1. The number of carboxylic acid groups (broad SMARTS) is 1. The van der Waals surface area contributed by atoms with Crippen molar-refractivity contribution in [3.05, 3.63) is 60.7 Å². The maximum absolute atomic E-state index is 9.74. The highest BCUT2D eigenvalue weighted by atomic mass is 16.4. The summed E-state index contributed by atoms with van der Waals surface area (Å²) in [7, 11) is 0. The minimum atomic E-state index is -1.41. The third-order valence-corrected chi connectivity index (χ3v) is 2.51. The summed E-state index contributed by atoms with van der Waals surface area (Å²) in [6, 6.07) is 20.8. The number of aliphatic hydroxyl groups excluding tert-OH is 1. The van der Waals surface area contributed by atoms with Gasteiger partial charge in [-0.2, -0.15) is 0 Å². The minimum Gasteiger partial charge on any atom is -0.479 e. The van der Waals surface area contributed by atoms with Crippen LogP contribution < -0.4 is 0 Å². The molecule has 1 atom stereocenters. The van der Waals surface area contributed by atoms with E-state index in [4.69, 9.17) is 15.6 Å². The Labute approximate surface area is 117 Å². The highest BCUT2D eigenvalue weighted by Gasteiger charge is 2.09. The maximum Gasteiger partial charge on any atom is 0.332 e. The van der Waals surface area contributed by atoms with Gasteiger partial charge in [-0.1, -0.05) is 60.7 Å². The monoisotopic (exact) mass is 271 g/mol. The van der Waals surface area contributed by atoms with Gasteiger partial charge in [0.2, 0.25) is 0 Å². The van der Waals surface area contributed by atoms with E-state index in [1.807, 2.05) is 12.1 Å². The third kappa shape index (κ3) is 5.46. The number of aliphatic carboxylic acids is 1. The summed E-state index contributed by atoms with van der Waals surface area (Å²) >= 11 is 0. The molecular formula is C16H17NO3. The summed E-state index contributed by atoms with van der Waals surface area (Å²) in [6.45, 7) is 0. The summed E-state index contributed by atoms with van der Waals surface area (Å²) in [6.07, 6.45) is -0.666. The summed E-state index contributed by atoms with van der Waals surface area (Å²) < 4.78 is 0. The third-order valence-electron chi connectivity index (χ3n) is 2.51. The molecule has 104 valence electrons. The quantitative estimate of drug-likeness (QED) is 0.748. The second-order valence-electron chi connectivity index (χ2n) is 4.03. The summed E-state index contributed by atoms with van der Waals surface area (Å²) in [5.41, 5.74) is 2.55. The molecular weight excluding hydrogens is 254 g/mol. The van der Waals surface area contributed by atoms with E-state index in [-0.39, 0.29) is 6.42 Å². The van der Waals surface area contributed by atoms with E-state index in [0.29, 0.717) is 0 Å². The van der Waals surface area contributed by atoms with Crippen LogP contribution in [0, 0.1) is 5.41 Å². The van der Waals surface area contributed by atoms with Gasteiger partial charge in [0.1, 0.15) is 0 Å². The van der Waals surface area contributed by atoms with E-state index < -0.39 is 12.1 Å². The van der Waals surface area contributed by atoms with Crippen LogP contribution >= 0.6 is 0 Å². The molecule has 0 heterocycles. The second kappa shape index (κ2) is 8.61. The van der Waals surface area contributed by atoms with E-state index in [9.17, 15) is 4.79 Å². The Morgan fingerprint density at radius 3 is 1.65 bits per heavy atom. The van der Waals surface area contributed by atoms with Crippen molar-refractivity contribution in [2.24, 2.45) is 0 Å². The van der Waals surface area contributed by atoms with Crippen LogP contribution in [0.15, 0.2) is 60.7 Å². The van der Waals surface area contributed by atoms with Crippen LogP contribution in [0.3, 0.4) is 0 Å². The normalized spacial score (nSPS) is 10.8. The van der Waals surface area contributed by atoms with E-state index in [2.05, 4.69) is 48.5 Å². The van der Waals surface area contributed by atoms with Crippen LogP contribution in [-0.4, -0.2) is 28.5 Å². The molecule has 0 aliphatic rings. The molecule has 1 unspecified atom stereocenters. The first-order valence-corrected chi connectivity index (χ1v) is 6.15. The standard InChI is InChI=1S/C12H10.C4H7NO3/c1-3-7-11(8-4-1)12-9-5-2-6-10-12;5-2-1-3(6)4(7)8/h1-10H;2-3,5-6H,1H2,(H,7,8). The van der Waals surface area contributed by atoms with E-state index >= 15 is 0 Å². The Bertz CT molecular complexity index is 488. The van der Waals surface area contributed by atoms with Gasteiger partial charge < -0.3 is 15.6 Å². The lowest BCUT2D eigenvalue weighted by Crippen LogP contribution is -2.19. The fraction of sp³-hybridized carbons (Fsp3) is 0.125. The average Bonchev–Trinajstić information content (AvgIpc) is 2.50. The molecule has 0 amide bonds. The number of rotatable bonds is 4. The van der Waals surface area contributed by atoms with Crippen molar-refractivity contribution in [1.82, 2.24) is 0 Å². The smallest absolute Gasteiger partial charge is 0.332 e. The second-order valence-corrected chi connectivity index (χ2v) is 4.03. The number of hydrogen-bond acceptors (Lipinski definition) is 3. The average molecular weight is 271 g/mol. The van der Waals surface area contributed by atoms with Gasteiger partial charge in [0.05, 0.1) is 0 Å². The molecule has 0 bridgehead atoms. The van der Waals surface area contributed by atoms with Crippen molar-refractivity contribution < 1.29 is 15.0 Å². The Morgan fingerprint density at radius 2 is 1.40 bits per heavy atom. The van der Waals surface area contributed by atoms with Gasteiger partial charge in [-0.25, -0.2) is 4.79 Å². The zero-order valence-electron chi connectivity index (χ0n) is 10.9. The molecule has 2 aromatic rings. The van der Waals surface area contributed by atoms with Crippen molar-refractivity contribution >= 4 is 12.2 Å². The molecule has 0 spiro atoms. The largest absolute Gasteiger partial charge is 0.479 e. The summed E-state index contributed by atoms with van der Waals surface area (Å²) in [4.78, 5) is 9.74. The summed E-state index contributed by atoms with van der Waals surface area (Å²) in [5, 5.41) is 22.7. The predicted molar refractivity (Wildman–Crippen MR) is 78.9 cm³/mol. The van der Waals surface area contributed by atoms with Gasteiger partial charge in [-0.05, 0) is 17.3 Å². The SMILES string of the molecule is N=CCC(O)C(=O)O.c1ccc(-c2ccccc2)cc1. The van der Waals surface area contributed by atoms with Crippen molar-refractivity contribution in [1.29, 1.82) is 5.41 Å². The molecule has 0 radical (unpaired) electrons. The first-order valence-electron chi connectivity index (χ1n) is 6.15. The van der Waals surface area contributed by atoms with Crippen LogP contribution in [0.2, 0.25) is 0 Å². The van der Waals surface area contributed by atoms with Crippen molar-refractivity contribution in [3.8, 4) is 11.1 Å². The molecule has 0 aliphatic heterocycles. The molecule has 0 saturated carbocycles. The molecule has 2 aromatic carbocycles. The van der Waals surface area contributed by atoms with Crippen LogP contribution in [0.4, 0.5) is 0 Å². The predicted octanol–water partition coefficient (Wildman–Crippen LogP) is 2.83. The zero-order valence-corrected chi connectivity index (χ0v) is 10.9. The van der Waals surface area contributed by atoms with Gasteiger partial charge in [0.25, 0.3) is 0 Å². The van der Waals surface area contributed by atoms with Crippen LogP contribution in [0.5, 0.6) is 0 Å². The van der Waals surface area contributed by atoms with Gasteiger partial charge in [-0.3, -0.25) is 0 Å². The molecule has 3 N–H and O–H groups in total. The Hall–Kier alpha value is -2.46. The molecule has 4 nitrogen and oxygen atoms in total. The first kappa shape index (κ1) is 15.6. The molecule has 20 heavy (non-hydrogen) atoms. The first-order chi connectivity index (χ1) is 9.65. The van der Waals surface area contributed by atoms with Gasteiger partial charge in [0, 0.05) is 6.42 Å². The maximum atomic E-state index is 9.74. The highest BCUT2D eigenvalue weighted by molar-refractivity contribution is 5.75. The van der Waals surface area contributed by atoms with Gasteiger partial charge in [0.15, 0.2) is 6.10 Å². The molecule has 0 aliphatic carbocycles. The van der Waals surface area contributed by atoms with Crippen LogP contribution in [-0.2, 0) is 4.79 Å². The number of benzene rings is 2. The van der Waals surface area contributed by atoms with E-state index in [1.54, 1.807) is 0 Å². The molecule has 0 fully saturated rings. The fourth-order valence-electron chi connectivity index (χ4n) is 1.47. The van der Waals surface area contributed by atoms with Gasteiger partial charge >= 0.3 is 5.97 Å². The van der Waals surface area contributed by atoms with E-state index in [0.717, 1.165) is 6.21 Å². The van der Waals surface area contributed by atoms with Gasteiger partial charge in [-0.15, -0.1) is 0 Å². The zero-order chi connectivity index (χ0) is 14.8. The fourth-order valence-corrected chi connectivity index (χ4v) is 1.47. The lowest BCUT2D eigenvalue weighted by molar-refractivity contribution is -0.146. The van der Waals surface area contributed by atoms with Crippen molar-refractivity contribution in [2.75, 3.05) is 0 Å². The Morgan fingerprint density at radius 1 is 1.00 bits per heavy atom. The number of aliphatic hydroxyl groups is 1. The number of carboxylic acids is 1. The number of nitrogens with one attached hydrogen (secondary N) is 1. The minimum absolute atomic E-state index is 0.116. The molecule has 0 saturated heterocycles. The molecule has 4 heteroatoms. The Kier molecular flexibility index (Phi) is 6.71. The molecule has 2 rings (SSSR count). The highest BCUT2D eigenvalue weighted by Crippen LogP contribution is 2.17. The van der Waals surface area contributed by atoms with Crippen LogP contribution in [0.1, 0.15) is 6.42 Å². The lowest BCUT2D eigenvalue weighted by Gasteiger charge is -1.98. The number of hydrogen-bond donors (Lipinski definition) is 3. The topological polar surface area (TPSA) is 81.4 Å². The van der Waals surface area contributed by atoms with E-state index in [1.165, 1.54) is 11.1 Å². The van der Waals surface area contributed by atoms with Crippen molar-refractivity contribution in [2.45, 2.75) is 12.5 Å². The van der Waals surface area contributed by atoms with Crippen LogP contribution in [0.25, 0.3) is 11.1 Å². The summed E-state index contributed by atoms with van der Waals surface area (Å²) in [5.74, 6) is -1.28.